The maximum absolute atomic E-state index is 6.18. The number of rotatable bonds is 4. The van der Waals surface area contributed by atoms with Crippen molar-refractivity contribution in [2.75, 3.05) is 6.61 Å². The van der Waals surface area contributed by atoms with Crippen LogP contribution < -0.4 is 16.2 Å². The lowest BCUT2D eigenvalue weighted by molar-refractivity contribution is 0.288. The molecule has 1 aliphatic rings. The molecule has 94 valence electrons. The summed E-state index contributed by atoms with van der Waals surface area (Å²) in [5.41, 5.74) is 14.4. The maximum atomic E-state index is 6.18. The Morgan fingerprint density at radius 2 is 2.12 bits per heavy atom. The molecule has 2 unspecified atom stereocenters. The normalized spacial score (nSPS) is 18.1. The first-order valence-electron chi connectivity index (χ1n) is 6.43. The third kappa shape index (κ3) is 3.20. The Kier molecular flexibility index (Phi) is 4.02. The summed E-state index contributed by atoms with van der Waals surface area (Å²) in [4.78, 5) is 0. The molecule has 0 bridgehead atoms. The van der Waals surface area contributed by atoms with Crippen LogP contribution in [-0.2, 0) is 6.42 Å². The molecular weight excluding hydrogens is 212 g/mol. The first-order chi connectivity index (χ1) is 8.16. The Morgan fingerprint density at radius 3 is 2.88 bits per heavy atom. The molecule has 0 aromatic heterocycles. The van der Waals surface area contributed by atoms with Gasteiger partial charge >= 0.3 is 0 Å². The zero-order chi connectivity index (χ0) is 12.3. The van der Waals surface area contributed by atoms with Gasteiger partial charge in [0.15, 0.2) is 0 Å². The smallest absolute Gasteiger partial charge is 0.122 e. The van der Waals surface area contributed by atoms with E-state index < -0.39 is 0 Å². The summed E-state index contributed by atoms with van der Waals surface area (Å²) < 4.78 is 5.60. The van der Waals surface area contributed by atoms with Crippen LogP contribution in [0.15, 0.2) is 18.2 Å². The van der Waals surface area contributed by atoms with Crippen molar-refractivity contribution in [3.63, 3.8) is 0 Å². The molecule has 1 heterocycles. The Balaban J connectivity index is 2.05. The Morgan fingerprint density at radius 1 is 1.29 bits per heavy atom. The Hall–Kier alpha value is -1.06. The minimum Gasteiger partial charge on any atom is -0.493 e. The van der Waals surface area contributed by atoms with Gasteiger partial charge in [0.1, 0.15) is 5.75 Å². The first kappa shape index (κ1) is 12.4. The molecule has 0 saturated heterocycles. The molecule has 0 spiro atoms. The SMILES string of the molecule is CC(N)CCC(N)c1ccc2c(c1)CCCO2. The van der Waals surface area contributed by atoms with Gasteiger partial charge in [-0.2, -0.15) is 0 Å². The summed E-state index contributed by atoms with van der Waals surface area (Å²) in [7, 11) is 0. The zero-order valence-corrected chi connectivity index (χ0v) is 10.5. The maximum Gasteiger partial charge on any atom is 0.122 e. The van der Waals surface area contributed by atoms with Crippen LogP contribution in [-0.4, -0.2) is 12.6 Å². The van der Waals surface area contributed by atoms with E-state index in [1.54, 1.807) is 0 Å². The molecule has 0 fully saturated rings. The molecule has 1 aliphatic heterocycles. The van der Waals surface area contributed by atoms with Gasteiger partial charge in [0.25, 0.3) is 0 Å². The van der Waals surface area contributed by atoms with Crippen LogP contribution in [0.4, 0.5) is 0 Å². The van der Waals surface area contributed by atoms with E-state index in [-0.39, 0.29) is 12.1 Å². The molecule has 1 aromatic carbocycles. The highest BCUT2D eigenvalue weighted by atomic mass is 16.5. The molecule has 1 aromatic rings. The molecule has 2 atom stereocenters. The summed E-state index contributed by atoms with van der Waals surface area (Å²) in [5.74, 6) is 1.03. The minimum absolute atomic E-state index is 0.0910. The van der Waals surface area contributed by atoms with Crippen LogP contribution in [0.25, 0.3) is 0 Å². The summed E-state index contributed by atoms with van der Waals surface area (Å²) in [6.45, 7) is 2.86. The Labute approximate surface area is 103 Å². The van der Waals surface area contributed by atoms with Crippen molar-refractivity contribution in [3.05, 3.63) is 29.3 Å². The van der Waals surface area contributed by atoms with Crippen LogP contribution in [0.3, 0.4) is 0 Å². The van der Waals surface area contributed by atoms with E-state index in [9.17, 15) is 0 Å². The number of aryl methyl sites for hydroxylation is 1. The van der Waals surface area contributed by atoms with Gasteiger partial charge in [0.2, 0.25) is 0 Å². The fraction of sp³-hybridized carbons (Fsp3) is 0.571. The quantitative estimate of drug-likeness (QED) is 0.839. The van der Waals surface area contributed by atoms with Crippen LogP contribution in [0.1, 0.15) is 43.4 Å². The molecular formula is C14H22N2O. The van der Waals surface area contributed by atoms with E-state index in [1.165, 1.54) is 11.1 Å². The van der Waals surface area contributed by atoms with E-state index in [0.29, 0.717) is 0 Å². The van der Waals surface area contributed by atoms with Crippen molar-refractivity contribution in [2.45, 2.75) is 44.7 Å². The minimum atomic E-state index is 0.0910. The lowest BCUT2D eigenvalue weighted by Gasteiger charge is -2.20. The molecule has 3 heteroatoms. The second-order valence-corrected chi connectivity index (χ2v) is 4.98. The van der Waals surface area contributed by atoms with Gasteiger partial charge in [-0.15, -0.1) is 0 Å². The van der Waals surface area contributed by atoms with E-state index in [0.717, 1.165) is 38.0 Å². The summed E-state index contributed by atoms with van der Waals surface area (Å²) in [6, 6.07) is 6.64. The van der Waals surface area contributed by atoms with Gasteiger partial charge in [-0.05, 0) is 49.8 Å². The van der Waals surface area contributed by atoms with Crippen molar-refractivity contribution >= 4 is 0 Å². The number of fused-ring (bicyclic) bond motifs is 1. The van der Waals surface area contributed by atoms with Gasteiger partial charge < -0.3 is 16.2 Å². The van der Waals surface area contributed by atoms with E-state index in [4.69, 9.17) is 16.2 Å². The number of hydrogen-bond donors (Lipinski definition) is 2. The molecule has 3 nitrogen and oxygen atoms in total. The average Bonchev–Trinajstić information content (AvgIpc) is 2.35. The van der Waals surface area contributed by atoms with Gasteiger partial charge in [0, 0.05) is 12.1 Å². The molecule has 0 aliphatic carbocycles. The van der Waals surface area contributed by atoms with Crippen molar-refractivity contribution in [3.8, 4) is 5.75 Å². The summed E-state index contributed by atoms with van der Waals surface area (Å²) in [6.07, 6.45) is 4.11. The van der Waals surface area contributed by atoms with Crippen LogP contribution in [0.5, 0.6) is 5.75 Å². The van der Waals surface area contributed by atoms with E-state index in [2.05, 4.69) is 18.2 Å². The van der Waals surface area contributed by atoms with Crippen molar-refractivity contribution in [1.29, 1.82) is 0 Å². The number of ether oxygens (including phenoxy) is 1. The number of benzene rings is 1. The van der Waals surface area contributed by atoms with Gasteiger partial charge in [0.05, 0.1) is 6.61 Å². The fourth-order valence-electron chi connectivity index (χ4n) is 2.22. The number of hydrogen-bond acceptors (Lipinski definition) is 3. The topological polar surface area (TPSA) is 61.3 Å². The Bertz CT molecular complexity index is 376. The summed E-state index contributed by atoms with van der Waals surface area (Å²) in [5, 5.41) is 0. The zero-order valence-electron chi connectivity index (χ0n) is 10.5. The third-order valence-electron chi connectivity index (χ3n) is 3.29. The molecule has 4 N–H and O–H groups in total. The third-order valence-corrected chi connectivity index (χ3v) is 3.29. The average molecular weight is 234 g/mol. The predicted molar refractivity (Wildman–Crippen MR) is 70.1 cm³/mol. The lowest BCUT2D eigenvalue weighted by atomic mass is 9.96. The van der Waals surface area contributed by atoms with E-state index in [1.807, 2.05) is 6.92 Å². The van der Waals surface area contributed by atoms with Crippen molar-refractivity contribution < 1.29 is 4.74 Å². The molecule has 2 rings (SSSR count). The second kappa shape index (κ2) is 5.52. The molecule has 17 heavy (non-hydrogen) atoms. The highest BCUT2D eigenvalue weighted by Crippen LogP contribution is 2.28. The molecule has 0 radical (unpaired) electrons. The van der Waals surface area contributed by atoms with Gasteiger partial charge in [-0.3, -0.25) is 0 Å². The second-order valence-electron chi connectivity index (χ2n) is 4.98. The largest absolute Gasteiger partial charge is 0.493 e. The van der Waals surface area contributed by atoms with Crippen molar-refractivity contribution in [2.24, 2.45) is 11.5 Å². The van der Waals surface area contributed by atoms with Crippen LogP contribution in [0.2, 0.25) is 0 Å². The highest BCUT2D eigenvalue weighted by Gasteiger charge is 2.13. The fourth-order valence-corrected chi connectivity index (χ4v) is 2.22. The highest BCUT2D eigenvalue weighted by molar-refractivity contribution is 5.39. The van der Waals surface area contributed by atoms with Crippen LogP contribution >= 0.6 is 0 Å². The molecule has 0 saturated carbocycles. The number of nitrogens with two attached hydrogens (primary N) is 2. The van der Waals surface area contributed by atoms with Gasteiger partial charge in [-0.1, -0.05) is 12.1 Å². The standard InChI is InChI=1S/C14H22N2O/c1-10(15)4-6-13(16)11-5-7-14-12(9-11)3-2-8-17-14/h5,7,9-10,13H,2-4,6,8,15-16H2,1H3. The predicted octanol–water partition coefficient (Wildman–Crippen LogP) is 2.14. The van der Waals surface area contributed by atoms with E-state index >= 15 is 0 Å². The van der Waals surface area contributed by atoms with Crippen LogP contribution in [0, 0.1) is 0 Å². The molecule has 0 amide bonds. The van der Waals surface area contributed by atoms with Crippen molar-refractivity contribution in [1.82, 2.24) is 0 Å². The summed E-state index contributed by atoms with van der Waals surface area (Å²) >= 11 is 0. The first-order valence-corrected chi connectivity index (χ1v) is 6.43. The lowest BCUT2D eigenvalue weighted by Crippen LogP contribution is -2.19. The van der Waals surface area contributed by atoms with Gasteiger partial charge in [-0.25, -0.2) is 0 Å². The monoisotopic (exact) mass is 234 g/mol.